The Morgan fingerprint density at radius 2 is 1.76 bits per heavy atom. The predicted octanol–water partition coefficient (Wildman–Crippen LogP) is 3.10. The fourth-order valence-electron chi connectivity index (χ4n) is 2.66. The van der Waals surface area contributed by atoms with Crippen LogP contribution in [0.3, 0.4) is 0 Å². The SMILES string of the molecule is Cc1ccc(C(C)(C)CN(C)C(=O)[C@@H](N)CC(C)C)cc1. The first-order valence-electron chi connectivity index (χ1n) is 7.71. The minimum Gasteiger partial charge on any atom is -0.344 e. The standard InChI is InChI=1S/C18H30N2O/c1-13(2)11-16(19)17(21)20(6)12-18(4,5)15-9-7-14(3)8-10-15/h7-10,13,16H,11-12,19H2,1-6H3/t16-/m0/s1. The summed E-state index contributed by atoms with van der Waals surface area (Å²) in [6.45, 7) is 11.2. The van der Waals surface area contributed by atoms with E-state index in [2.05, 4.69) is 58.9 Å². The van der Waals surface area contributed by atoms with Crippen LogP contribution in [0.15, 0.2) is 24.3 Å². The van der Waals surface area contributed by atoms with Gasteiger partial charge in [0.15, 0.2) is 0 Å². The molecule has 1 aromatic carbocycles. The molecule has 1 atom stereocenters. The summed E-state index contributed by atoms with van der Waals surface area (Å²) >= 11 is 0. The first-order chi connectivity index (χ1) is 9.63. The van der Waals surface area contributed by atoms with E-state index in [1.807, 2.05) is 7.05 Å². The van der Waals surface area contributed by atoms with Gasteiger partial charge in [0.25, 0.3) is 0 Å². The van der Waals surface area contributed by atoms with Crippen LogP contribution in [0.5, 0.6) is 0 Å². The minimum absolute atomic E-state index is 0.0314. The summed E-state index contributed by atoms with van der Waals surface area (Å²) in [4.78, 5) is 14.1. The van der Waals surface area contributed by atoms with Crippen LogP contribution in [-0.2, 0) is 10.2 Å². The van der Waals surface area contributed by atoms with Crippen molar-refractivity contribution >= 4 is 5.91 Å². The molecule has 2 N–H and O–H groups in total. The van der Waals surface area contributed by atoms with Crippen molar-refractivity contribution < 1.29 is 4.79 Å². The smallest absolute Gasteiger partial charge is 0.239 e. The first-order valence-corrected chi connectivity index (χ1v) is 7.71. The zero-order valence-corrected chi connectivity index (χ0v) is 14.3. The number of aryl methyl sites for hydroxylation is 1. The Morgan fingerprint density at radius 3 is 2.24 bits per heavy atom. The van der Waals surface area contributed by atoms with E-state index in [-0.39, 0.29) is 11.3 Å². The average molecular weight is 290 g/mol. The Bertz CT molecular complexity index is 463. The van der Waals surface area contributed by atoms with Crippen LogP contribution in [0.1, 0.15) is 45.2 Å². The molecule has 0 aliphatic carbocycles. The zero-order chi connectivity index (χ0) is 16.2. The highest BCUT2D eigenvalue weighted by Crippen LogP contribution is 2.24. The number of nitrogens with two attached hydrogens (primary N) is 1. The lowest BCUT2D eigenvalue weighted by Gasteiger charge is -2.32. The second-order valence-corrected chi connectivity index (χ2v) is 7.18. The van der Waals surface area contributed by atoms with E-state index in [4.69, 9.17) is 5.73 Å². The van der Waals surface area contributed by atoms with Gasteiger partial charge in [-0.15, -0.1) is 0 Å². The van der Waals surface area contributed by atoms with Crippen molar-refractivity contribution in [2.75, 3.05) is 13.6 Å². The minimum atomic E-state index is -0.399. The number of carbonyl (C=O) groups excluding carboxylic acids is 1. The second kappa shape index (κ2) is 7.08. The van der Waals surface area contributed by atoms with E-state index in [0.717, 1.165) is 6.42 Å². The molecule has 0 saturated heterocycles. The topological polar surface area (TPSA) is 46.3 Å². The lowest BCUT2D eigenvalue weighted by Crippen LogP contribution is -2.46. The molecule has 21 heavy (non-hydrogen) atoms. The van der Waals surface area contributed by atoms with Gasteiger partial charge < -0.3 is 10.6 Å². The predicted molar refractivity (Wildman–Crippen MR) is 89.3 cm³/mol. The summed E-state index contributed by atoms with van der Waals surface area (Å²) in [5.41, 5.74) is 8.41. The molecule has 3 nitrogen and oxygen atoms in total. The molecule has 0 saturated carbocycles. The van der Waals surface area contributed by atoms with Crippen molar-refractivity contribution in [1.29, 1.82) is 0 Å². The van der Waals surface area contributed by atoms with Crippen LogP contribution < -0.4 is 5.73 Å². The van der Waals surface area contributed by atoms with Crippen molar-refractivity contribution in [3.63, 3.8) is 0 Å². The van der Waals surface area contributed by atoms with Crippen molar-refractivity contribution in [3.05, 3.63) is 35.4 Å². The molecular weight excluding hydrogens is 260 g/mol. The Hall–Kier alpha value is -1.35. The van der Waals surface area contributed by atoms with E-state index in [1.165, 1.54) is 11.1 Å². The number of amides is 1. The van der Waals surface area contributed by atoms with Crippen molar-refractivity contribution in [3.8, 4) is 0 Å². The molecule has 1 amide bonds. The number of hydrogen-bond donors (Lipinski definition) is 1. The second-order valence-electron chi connectivity index (χ2n) is 7.18. The molecule has 0 spiro atoms. The average Bonchev–Trinajstić information content (AvgIpc) is 2.36. The maximum absolute atomic E-state index is 12.3. The van der Waals surface area contributed by atoms with E-state index in [1.54, 1.807) is 4.90 Å². The Balaban J connectivity index is 2.73. The number of likely N-dealkylation sites (N-methyl/N-ethyl adjacent to an activating group) is 1. The normalized spacial score (nSPS) is 13.3. The van der Waals surface area contributed by atoms with Gasteiger partial charge in [-0.05, 0) is 24.8 Å². The van der Waals surface area contributed by atoms with Crippen molar-refractivity contribution in [1.82, 2.24) is 4.90 Å². The third-order valence-corrected chi connectivity index (χ3v) is 3.88. The molecule has 0 aromatic heterocycles. The lowest BCUT2D eigenvalue weighted by molar-refractivity contribution is -0.132. The van der Waals surface area contributed by atoms with Gasteiger partial charge in [0.2, 0.25) is 5.91 Å². The van der Waals surface area contributed by atoms with Gasteiger partial charge in [-0.1, -0.05) is 57.5 Å². The van der Waals surface area contributed by atoms with Gasteiger partial charge in [0, 0.05) is 19.0 Å². The van der Waals surface area contributed by atoms with E-state index < -0.39 is 6.04 Å². The number of rotatable bonds is 6. The fraction of sp³-hybridized carbons (Fsp3) is 0.611. The van der Waals surface area contributed by atoms with Crippen LogP contribution >= 0.6 is 0 Å². The Labute approximate surface area is 129 Å². The van der Waals surface area contributed by atoms with E-state index >= 15 is 0 Å². The summed E-state index contributed by atoms with van der Waals surface area (Å²) in [5.74, 6) is 0.464. The molecule has 118 valence electrons. The number of carbonyl (C=O) groups is 1. The molecule has 0 aliphatic heterocycles. The van der Waals surface area contributed by atoms with Crippen molar-refractivity contribution in [2.45, 2.75) is 52.5 Å². The Morgan fingerprint density at radius 1 is 1.24 bits per heavy atom. The maximum atomic E-state index is 12.3. The molecular formula is C18H30N2O. The molecule has 3 heteroatoms. The van der Waals surface area contributed by atoms with E-state index in [9.17, 15) is 4.79 Å². The molecule has 0 bridgehead atoms. The zero-order valence-electron chi connectivity index (χ0n) is 14.3. The highest BCUT2D eigenvalue weighted by molar-refractivity contribution is 5.81. The molecule has 1 aromatic rings. The number of benzene rings is 1. The summed E-state index contributed by atoms with van der Waals surface area (Å²) in [6, 6.07) is 8.11. The summed E-state index contributed by atoms with van der Waals surface area (Å²) in [5, 5.41) is 0. The number of nitrogens with zero attached hydrogens (tertiary/aromatic N) is 1. The van der Waals surface area contributed by atoms with Gasteiger partial charge in [0.1, 0.15) is 0 Å². The van der Waals surface area contributed by atoms with Crippen LogP contribution in [0, 0.1) is 12.8 Å². The first kappa shape index (κ1) is 17.7. The maximum Gasteiger partial charge on any atom is 0.239 e. The third-order valence-electron chi connectivity index (χ3n) is 3.88. The molecule has 0 unspecified atom stereocenters. The molecule has 0 fully saturated rings. The molecule has 0 aliphatic rings. The fourth-order valence-corrected chi connectivity index (χ4v) is 2.66. The number of hydrogen-bond acceptors (Lipinski definition) is 2. The summed E-state index contributed by atoms with van der Waals surface area (Å²) in [6.07, 6.45) is 0.730. The van der Waals surface area contributed by atoms with Gasteiger partial charge >= 0.3 is 0 Å². The summed E-state index contributed by atoms with van der Waals surface area (Å²) < 4.78 is 0. The molecule has 0 heterocycles. The Kier molecular flexibility index (Phi) is 5.97. The molecule has 1 rings (SSSR count). The van der Waals surface area contributed by atoms with Gasteiger partial charge in [-0.25, -0.2) is 0 Å². The van der Waals surface area contributed by atoms with Gasteiger partial charge in [-0.2, -0.15) is 0 Å². The van der Waals surface area contributed by atoms with Crippen LogP contribution in [0.2, 0.25) is 0 Å². The van der Waals surface area contributed by atoms with Crippen LogP contribution in [0.25, 0.3) is 0 Å². The third kappa shape index (κ3) is 5.16. The summed E-state index contributed by atoms with van der Waals surface area (Å²) in [7, 11) is 1.85. The monoisotopic (exact) mass is 290 g/mol. The van der Waals surface area contributed by atoms with E-state index in [0.29, 0.717) is 12.5 Å². The quantitative estimate of drug-likeness (QED) is 0.875. The van der Waals surface area contributed by atoms with Crippen LogP contribution in [0.4, 0.5) is 0 Å². The van der Waals surface area contributed by atoms with Crippen LogP contribution in [-0.4, -0.2) is 30.4 Å². The molecule has 0 radical (unpaired) electrons. The highest BCUT2D eigenvalue weighted by Gasteiger charge is 2.27. The largest absolute Gasteiger partial charge is 0.344 e. The van der Waals surface area contributed by atoms with Crippen molar-refractivity contribution in [2.24, 2.45) is 11.7 Å². The highest BCUT2D eigenvalue weighted by atomic mass is 16.2. The van der Waals surface area contributed by atoms with Gasteiger partial charge in [-0.3, -0.25) is 4.79 Å². The lowest BCUT2D eigenvalue weighted by atomic mass is 9.83. The van der Waals surface area contributed by atoms with Gasteiger partial charge in [0.05, 0.1) is 6.04 Å².